The molecule has 0 spiro atoms. The maximum atomic E-state index is 12.3. The Morgan fingerprint density at radius 3 is 2.45 bits per heavy atom. The van der Waals surface area contributed by atoms with Gasteiger partial charge in [-0.2, -0.15) is 5.10 Å². The number of carboxylic acid groups (broad SMARTS) is 1. The Labute approximate surface area is 129 Å². The van der Waals surface area contributed by atoms with E-state index in [4.69, 9.17) is 5.11 Å². The third-order valence-corrected chi connectivity index (χ3v) is 3.39. The summed E-state index contributed by atoms with van der Waals surface area (Å²) in [6.07, 6.45) is -0.0834. The van der Waals surface area contributed by atoms with E-state index in [1.54, 1.807) is 17.8 Å². The van der Waals surface area contributed by atoms with Crippen LogP contribution >= 0.6 is 0 Å². The number of rotatable bonds is 5. The molecule has 1 amide bonds. The summed E-state index contributed by atoms with van der Waals surface area (Å²) in [7, 11) is 1.57. The molecule has 0 atom stereocenters. The largest absolute Gasteiger partial charge is 0.481 e. The van der Waals surface area contributed by atoms with Gasteiger partial charge in [0.25, 0.3) is 5.91 Å². The highest BCUT2D eigenvalue weighted by Crippen LogP contribution is 2.14. The number of aliphatic carboxylic acids is 1. The van der Waals surface area contributed by atoms with Crippen molar-refractivity contribution in [3.8, 4) is 5.69 Å². The molecule has 0 fully saturated rings. The summed E-state index contributed by atoms with van der Waals surface area (Å²) in [6.45, 7) is 4.04. The molecule has 116 valence electrons. The molecule has 2 aromatic rings. The Bertz CT molecular complexity index is 689. The zero-order valence-corrected chi connectivity index (χ0v) is 12.9. The number of nitrogens with zero attached hydrogens (tertiary/aromatic N) is 3. The van der Waals surface area contributed by atoms with Crippen LogP contribution in [0.2, 0.25) is 0 Å². The van der Waals surface area contributed by atoms with Crippen molar-refractivity contribution >= 4 is 11.9 Å². The van der Waals surface area contributed by atoms with Gasteiger partial charge in [0.2, 0.25) is 0 Å². The quantitative estimate of drug-likeness (QED) is 0.917. The number of carbonyl (C=O) groups is 2. The van der Waals surface area contributed by atoms with Crippen LogP contribution in [0.5, 0.6) is 0 Å². The van der Waals surface area contributed by atoms with Gasteiger partial charge in [0.15, 0.2) is 5.69 Å². The lowest BCUT2D eigenvalue weighted by Gasteiger charge is -2.14. The molecular formula is C16H19N3O3. The van der Waals surface area contributed by atoms with E-state index in [0.29, 0.717) is 5.69 Å². The summed E-state index contributed by atoms with van der Waals surface area (Å²) < 4.78 is 1.71. The highest BCUT2D eigenvalue weighted by molar-refractivity contribution is 5.92. The lowest BCUT2D eigenvalue weighted by atomic mass is 10.2. The average molecular weight is 301 g/mol. The van der Waals surface area contributed by atoms with E-state index in [-0.39, 0.29) is 18.9 Å². The molecule has 0 unspecified atom stereocenters. The lowest BCUT2D eigenvalue weighted by Crippen LogP contribution is -2.29. The van der Waals surface area contributed by atoms with Gasteiger partial charge in [-0.1, -0.05) is 17.7 Å². The van der Waals surface area contributed by atoms with Crippen LogP contribution in [0.15, 0.2) is 30.3 Å². The van der Waals surface area contributed by atoms with E-state index in [2.05, 4.69) is 5.10 Å². The maximum absolute atomic E-state index is 12.3. The average Bonchev–Trinajstić information content (AvgIpc) is 2.86. The van der Waals surface area contributed by atoms with Gasteiger partial charge in [0.05, 0.1) is 12.1 Å². The third-order valence-electron chi connectivity index (χ3n) is 3.39. The first kappa shape index (κ1) is 15.8. The van der Waals surface area contributed by atoms with Crippen LogP contribution in [0.1, 0.15) is 28.2 Å². The van der Waals surface area contributed by atoms with Gasteiger partial charge in [-0.05, 0) is 32.0 Å². The normalized spacial score (nSPS) is 10.5. The molecule has 1 N–H and O–H groups in total. The van der Waals surface area contributed by atoms with Crippen LogP contribution in [0.25, 0.3) is 5.69 Å². The summed E-state index contributed by atoms with van der Waals surface area (Å²) >= 11 is 0. The molecule has 1 aromatic carbocycles. The van der Waals surface area contributed by atoms with Crippen molar-refractivity contribution in [2.75, 3.05) is 13.6 Å². The monoisotopic (exact) mass is 301 g/mol. The van der Waals surface area contributed by atoms with Gasteiger partial charge >= 0.3 is 5.97 Å². The van der Waals surface area contributed by atoms with Gasteiger partial charge in [-0.15, -0.1) is 0 Å². The molecule has 2 rings (SSSR count). The van der Waals surface area contributed by atoms with E-state index in [9.17, 15) is 9.59 Å². The molecule has 0 saturated heterocycles. The maximum Gasteiger partial charge on any atom is 0.305 e. The molecule has 0 aliphatic heterocycles. The molecule has 0 aliphatic carbocycles. The fraction of sp³-hybridized carbons (Fsp3) is 0.312. The Morgan fingerprint density at radius 2 is 1.86 bits per heavy atom. The molecule has 1 heterocycles. The molecule has 6 nitrogen and oxygen atoms in total. The van der Waals surface area contributed by atoms with E-state index in [1.807, 2.05) is 38.1 Å². The predicted molar refractivity (Wildman–Crippen MR) is 82.3 cm³/mol. The molecule has 0 radical (unpaired) electrons. The third kappa shape index (κ3) is 3.52. The Morgan fingerprint density at radius 1 is 1.23 bits per heavy atom. The van der Waals surface area contributed by atoms with E-state index >= 15 is 0 Å². The zero-order chi connectivity index (χ0) is 16.3. The number of hydrogen-bond acceptors (Lipinski definition) is 3. The fourth-order valence-electron chi connectivity index (χ4n) is 2.09. The molecule has 6 heteroatoms. The minimum atomic E-state index is -0.930. The first-order valence-electron chi connectivity index (χ1n) is 6.99. The topological polar surface area (TPSA) is 75.4 Å². The molecule has 22 heavy (non-hydrogen) atoms. The number of carbonyl (C=O) groups excluding carboxylic acids is 1. The number of aryl methyl sites for hydroxylation is 2. The van der Waals surface area contributed by atoms with Gasteiger partial charge in [0.1, 0.15) is 0 Å². The van der Waals surface area contributed by atoms with Crippen molar-refractivity contribution < 1.29 is 14.7 Å². The molecular weight excluding hydrogens is 282 g/mol. The van der Waals surface area contributed by atoms with Crippen molar-refractivity contribution in [2.45, 2.75) is 20.3 Å². The number of aromatic nitrogens is 2. The summed E-state index contributed by atoms with van der Waals surface area (Å²) in [4.78, 5) is 24.2. The van der Waals surface area contributed by atoms with Crippen LogP contribution in [0, 0.1) is 13.8 Å². The molecule has 0 saturated carbocycles. The zero-order valence-electron chi connectivity index (χ0n) is 12.9. The van der Waals surface area contributed by atoms with Crippen LogP contribution in [0.4, 0.5) is 0 Å². The second kappa shape index (κ2) is 6.43. The lowest BCUT2D eigenvalue weighted by molar-refractivity contribution is -0.137. The Balaban J connectivity index is 2.20. The van der Waals surface area contributed by atoms with E-state index in [0.717, 1.165) is 16.9 Å². The smallest absolute Gasteiger partial charge is 0.305 e. The molecule has 0 bridgehead atoms. The van der Waals surface area contributed by atoms with Crippen LogP contribution in [-0.4, -0.2) is 45.3 Å². The van der Waals surface area contributed by atoms with Gasteiger partial charge < -0.3 is 10.0 Å². The number of carboxylic acids is 1. The van der Waals surface area contributed by atoms with Crippen LogP contribution in [-0.2, 0) is 4.79 Å². The summed E-state index contributed by atoms with van der Waals surface area (Å²) in [6, 6.07) is 9.56. The van der Waals surface area contributed by atoms with Gasteiger partial charge in [0, 0.05) is 19.3 Å². The fourth-order valence-corrected chi connectivity index (χ4v) is 2.09. The van der Waals surface area contributed by atoms with Gasteiger partial charge in [-0.25, -0.2) is 4.68 Å². The second-order valence-electron chi connectivity index (χ2n) is 5.29. The standard InChI is InChI=1S/C16H19N3O3/c1-11-4-6-13(7-5-11)19-12(2)10-14(17-19)16(22)18(3)9-8-15(20)21/h4-7,10H,8-9H2,1-3H3,(H,20,21). The first-order chi connectivity index (χ1) is 10.4. The summed E-state index contributed by atoms with van der Waals surface area (Å²) in [5.74, 6) is -1.21. The number of amides is 1. The van der Waals surface area contributed by atoms with Crippen molar-refractivity contribution in [3.63, 3.8) is 0 Å². The molecule has 0 aliphatic rings. The Kier molecular flexibility index (Phi) is 4.60. The highest BCUT2D eigenvalue weighted by atomic mass is 16.4. The minimum Gasteiger partial charge on any atom is -0.481 e. The van der Waals surface area contributed by atoms with Crippen molar-refractivity contribution in [3.05, 3.63) is 47.3 Å². The second-order valence-corrected chi connectivity index (χ2v) is 5.29. The summed E-state index contributed by atoms with van der Waals surface area (Å²) in [5.41, 5.74) is 3.19. The van der Waals surface area contributed by atoms with Crippen molar-refractivity contribution in [2.24, 2.45) is 0 Å². The van der Waals surface area contributed by atoms with E-state index < -0.39 is 5.97 Å². The van der Waals surface area contributed by atoms with Gasteiger partial charge in [-0.3, -0.25) is 9.59 Å². The minimum absolute atomic E-state index is 0.0834. The van der Waals surface area contributed by atoms with Crippen molar-refractivity contribution in [1.29, 1.82) is 0 Å². The number of hydrogen-bond donors (Lipinski definition) is 1. The van der Waals surface area contributed by atoms with E-state index in [1.165, 1.54) is 4.90 Å². The SMILES string of the molecule is Cc1ccc(-n2nc(C(=O)N(C)CCC(=O)O)cc2C)cc1. The number of benzene rings is 1. The van der Waals surface area contributed by atoms with Crippen LogP contribution in [0.3, 0.4) is 0 Å². The molecule has 1 aromatic heterocycles. The van der Waals surface area contributed by atoms with Crippen molar-refractivity contribution in [1.82, 2.24) is 14.7 Å². The van der Waals surface area contributed by atoms with Crippen LogP contribution < -0.4 is 0 Å². The first-order valence-corrected chi connectivity index (χ1v) is 6.99. The highest BCUT2D eigenvalue weighted by Gasteiger charge is 2.17. The summed E-state index contributed by atoms with van der Waals surface area (Å²) in [5, 5.41) is 13.0. The predicted octanol–water partition coefficient (Wildman–Crippen LogP) is 2.04. The Hall–Kier alpha value is -2.63.